The number of ketones is 1. The van der Waals surface area contributed by atoms with Crippen molar-refractivity contribution in [2.45, 2.75) is 102 Å². The first-order chi connectivity index (χ1) is 16.4. The van der Waals surface area contributed by atoms with E-state index in [1.165, 1.54) is 19.9 Å². The van der Waals surface area contributed by atoms with Gasteiger partial charge in [-0.1, -0.05) is 26.8 Å². The predicted octanol–water partition coefficient (Wildman–Crippen LogP) is 2.02. The molecule has 8 atom stereocenters. The van der Waals surface area contributed by atoms with Gasteiger partial charge in [-0.2, -0.15) is 0 Å². The van der Waals surface area contributed by atoms with E-state index >= 15 is 0 Å². The molecule has 3 fully saturated rings. The maximum Gasteiger partial charge on any atom is 0.307 e. The Hall–Kier alpha value is -1.81. The number of nitrogens with zero attached hydrogens (tertiary/aromatic N) is 1. The van der Waals surface area contributed by atoms with Crippen molar-refractivity contribution >= 4 is 17.7 Å². The van der Waals surface area contributed by atoms with Gasteiger partial charge in [0.1, 0.15) is 11.7 Å². The molecule has 0 bridgehead atoms. The summed E-state index contributed by atoms with van der Waals surface area (Å²) in [6.07, 6.45) is -1.19. The predicted molar refractivity (Wildman–Crippen MR) is 132 cm³/mol. The molecule has 1 unspecified atom stereocenters. The van der Waals surface area contributed by atoms with Crippen LogP contribution >= 0.6 is 0 Å². The van der Waals surface area contributed by atoms with Crippen LogP contribution in [0.2, 0.25) is 0 Å². The number of hydrogen-bond donors (Lipinski definition) is 2. The molecule has 2 N–H and O–H groups in total. The van der Waals surface area contributed by atoms with Crippen LogP contribution in [0.5, 0.6) is 0 Å². The lowest BCUT2D eigenvalue weighted by atomic mass is 9.39. The van der Waals surface area contributed by atoms with Crippen LogP contribution in [0.25, 0.3) is 0 Å². The van der Waals surface area contributed by atoms with E-state index < -0.39 is 69.6 Å². The van der Waals surface area contributed by atoms with Crippen LogP contribution in [-0.2, 0) is 28.6 Å². The molecule has 3 rings (SSSR count). The number of hydrogen-bond acceptors (Lipinski definition) is 9. The molecular formula is C27H43NO8. The van der Waals surface area contributed by atoms with Gasteiger partial charge in [0.2, 0.25) is 0 Å². The standard InChI is InChI=1S/C27H43NO8/c1-10-24(5)15-18(31)27(33)25(6)17(30)11-13-23(3,4)21(25)20(35-19(32)12-14-28(8)9)22(34-16(2)29)26(27,7)36-24/h10,17,20-22,30,33H,1,11-15H2,2-9H3/t17-,20-,21-,22-,24-,25-,26+,27?/m0/s1. The van der Waals surface area contributed by atoms with Gasteiger partial charge in [0.15, 0.2) is 17.5 Å². The van der Waals surface area contributed by atoms with E-state index in [1.807, 2.05) is 32.8 Å². The van der Waals surface area contributed by atoms with Gasteiger partial charge in [-0.25, -0.2) is 0 Å². The number of carbonyl (C=O) groups excluding carboxylic acids is 3. The minimum Gasteiger partial charge on any atom is -0.458 e. The zero-order valence-electron chi connectivity index (χ0n) is 22.9. The van der Waals surface area contributed by atoms with Crippen molar-refractivity contribution in [3.63, 3.8) is 0 Å². The summed E-state index contributed by atoms with van der Waals surface area (Å²) in [5.41, 5.74) is -7.31. The summed E-state index contributed by atoms with van der Waals surface area (Å²) in [5, 5.41) is 24.0. The second kappa shape index (κ2) is 9.19. The number of carbonyl (C=O) groups is 3. The molecule has 3 aliphatic rings. The molecule has 204 valence electrons. The Kier molecular flexibility index (Phi) is 7.34. The van der Waals surface area contributed by atoms with Crippen LogP contribution in [0.1, 0.15) is 67.2 Å². The van der Waals surface area contributed by atoms with E-state index in [-0.39, 0.29) is 12.8 Å². The van der Waals surface area contributed by atoms with Crippen LogP contribution in [-0.4, -0.2) is 88.6 Å². The van der Waals surface area contributed by atoms with E-state index in [0.29, 0.717) is 19.4 Å². The van der Waals surface area contributed by atoms with Gasteiger partial charge < -0.3 is 29.3 Å². The molecule has 0 aromatic rings. The summed E-state index contributed by atoms with van der Waals surface area (Å²) in [6.45, 7) is 14.2. The van der Waals surface area contributed by atoms with Crippen LogP contribution in [0.3, 0.4) is 0 Å². The second-order valence-corrected chi connectivity index (χ2v) is 12.4. The monoisotopic (exact) mass is 509 g/mol. The molecule has 1 heterocycles. The summed E-state index contributed by atoms with van der Waals surface area (Å²) in [4.78, 5) is 41.3. The van der Waals surface area contributed by atoms with E-state index in [1.54, 1.807) is 13.8 Å². The fourth-order valence-corrected chi connectivity index (χ4v) is 7.27. The molecule has 1 saturated heterocycles. The van der Waals surface area contributed by atoms with Gasteiger partial charge in [-0.05, 0) is 46.2 Å². The lowest BCUT2D eigenvalue weighted by Crippen LogP contribution is -2.87. The molecule has 0 aromatic carbocycles. The average molecular weight is 510 g/mol. The van der Waals surface area contributed by atoms with Crippen molar-refractivity contribution in [2.75, 3.05) is 20.6 Å². The maximum atomic E-state index is 13.9. The molecule has 0 amide bonds. The summed E-state index contributed by atoms with van der Waals surface area (Å²) in [6, 6.07) is 0. The molecular weight excluding hydrogens is 466 g/mol. The first-order valence-corrected chi connectivity index (χ1v) is 12.7. The highest BCUT2D eigenvalue weighted by molar-refractivity contribution is 5.92. The fourth-order valence-electron chi connectivity index (χ4n) is 7.27. The molecule has 9 nitrogen and oxygen atoms in total. The van der Waals surface area contributed by atoms with Gasteiger partial charge in [0.05, 0.1) is 18.1 Å². The Labute approximate surface area is 214 Å². The van der Waals surface area contributed by atoms with E-state index in [4.69, 9.17) is 14.2 Å². The normalized spacial score (nSPS) is 43.8. The molecule has 9 heteroatoms. The van der Waals surface area contributed by atoms with Crippen molar-refractivity contribution in [1.29, 1.82) is 0 Å². The number of rotatable bonds is 6. The lowest BCUT2D eigenvalue weighted by molar-refractivity contribution is -0.371. The van der Waals surface area contributed by atoms with Gasteiger partial charge in [-0.3, -0.25) is 14.4 Å². The molecule has 1 aliphatic heterocycles. The minimum atomic E-state index is -2.24. The summed E-state index contributed by atoms with van der Waals surface area (Å²) in [7, 11) is 3.68. The Morgan fingerprint density at radius 3 is 2.33 bits per heavy atom. The Morgan fingerprint density at radius 1 is 1.19 bits per heavy atom. The third kappa shape index (κ3) is 4.12. The Balaban J connectivity index is 2.29. The first-order valence-electron chi connectivity index (χ1n) is 12.7. The Bertz CT molecular complexity index is 933. The van der Waals surface area contributed by atoms with Gasteiger partial charge >= 0.3 is 11.9 Å². The highest BCUT2D eigenvalue weighted by atomic mass is 16.6. The quantitative estimate of drug-likeness (QED) is 0.409. The lowest BCUT2D eigenvalue weighted by Gasteiger charge is -2.71. The first kappa shape index (κ1) is 28.8. The zero-order chi connectivity index (χ0) is 27.5. The molecule has 2 saturated carbocycles. The van der Waals surface area contributed by atoms with Gasteiger partial charge in [0, 0.05) is 31.2 Å². The van der Waals surface area contributed by atoms with Crippen molar-refractivity contribution in [1.82, 2.24) is 4.90 Å². The summed E-state index contributed by atoms with van der Waals surface area (Å²) >= 11 is 0. The zero-order valence-corrected chi connectivity index (χ0v) is 22.9. The van der Waals surface area contributed by atoms with Crippen molar-refractivity contribution in [2.24, 2.45) is 16.7 Å². The van der Waals surface area contributed by atoms with Gasteiger partial charge in [-0.15, -0.1) is 6.58 Å². The van der Waals surface area contributed by atoms with Crippen molar-refractivity contribution in [3.05, 3.63) is 12.7 Å². The van der Waals surface area contributed by atoms with Crippen molar-refractivity contribution in [3.8, 4) is 0 Å². The number of ether oxygens (including phenoxy) is 3. The van der Waals surface area contributed by atoms with Crippen LogP contribution in [0.4, 0.5) is 0 Å². The fraction of sp³-hybridized carbons (Fsp3) is 0.815. The maximum absolute atomic E-state index is 13.9. The summed E-state index contributed by atoms with van der Waals surface area (Å²) < 4.78 is 18.4. The highest BCUT2D eigenvalue weighted by Crippen LogP contribution is 2.67. The van der Waals surface area contributed by atoms with Crippen LogP contribution < -0.4 is 0 Å². The topological polar surface area (TPSA) is 123 Å². The molecule has 0 spiro atoms. The summed E-state index contributed by atoms with van der Waals surface area (Å²) in [5.74, 6) is -2.43. The number of esters is 2. The van der Waals surface area contributed by atoms with E-state index in [9.17, 15) is 24.6 Å². The number of fused-ring (bicyclic) bond motifs is 3. The number of aliphatic hydroxyl groups excluding tert-OH is 1. The van der Waals surface area contributed by atoms with E-state index in [2.05, 4.69) is 6.58 Å². The van der Waals surface area contributed by atoms with Crippen LogP contribution in [0.15, 0.2) is 12.7 Å². The third-order valence-electron chi connectivity index (χ3n) is 9.03. The second-order valence-electron chi connectivity index (χ2n) is 12.4. The number of aliphatic hydroxyl groups is 2. The van der Waals surface area contributed by atoms with Crippen LogP contribution in [0, 0.1) is 16.7 Å². The largest absolute Gasteiger partial charge is 0.458 e. The highest BCUT2D eigenvalue weighted by Gasteiger charge is 2.82. The average Bonchev–Trinajstić information content (AvgIpc) is 2.75. The Morgan fingerprint density at radius 2 is 1.81 bits per heavy atom. The van der Waals surface area contributed by atoms with E-state index in [0.717, 1.165) is 0 Å². The smallest absolute Gasteiger partial charge is 0.307 e. The number of Topliss-reactive ketones (excluding diaryl/α,β-unsaturated/α-hetero) is 1. The molecule has 0 radical (unpaired) electrons. The molecule has 2 aliphatic carbocycles. The molecule has 0 aromatic heterocycles. The third-order valence-corrected chi connectivity index (χ3v) is 9.03. The SMILES string of the molecule is C=C[C@@]1(C)CC(=O)C2(O)[C@@]3(C)[C@@H](O)CCC(C)(C)[C@@H]3[C@H](OC(=O)CCN(C)C)[C@H](OC(C)=O)[C@@]2(C)O1. The molecule has 36 heavy (non-hydrogen) atoms. The minimum absolute atomic E-state index is 0.0911. The van der Waals surface area contributed by atoms with Gasteiger partial charge in [0.25, 0.3) is 0 Å². The van der Waals surface area contributed by atoms with Crippen molar-refractivity contribution < 1.29 is 38.8 Å².